The molecule has 1 N–H and O–H groups in total. The van der Waals surface area contributed by atoms with Gasteiger partial charge in [0.15, 0.2) is 23.3 Å². The predicted octanol–water partition coefficient (Wildman–Crippen LogP) is 35.1. The highest BCUT2D eigenvalue weighted by Crippen LogP contribution is 2.65. The molecule has 10 heteroatoms. The number of hydrogen-bond acceptors (Lipinski definition) is 10. The van der Waals surface area contributed by atoms with Crippen LogP contribution in [0.2, 0.25) is 0 Å². The zero-order valence-electron chi connectivity index (χ0n) is 81.3. The standard InChI is InChI=1S/C140H90N8O2/c1-7-34-89(35-8-1)92-62-72-105(73-63-92)147(106-74-64-93(65-75-106)90-36-9-2-10-37-90)125-85-102(87-129-131(125)116-53-24-31-60-127(116)149-129)137-143-133(96-40-13-4-14-41-96)141-135(145-137)100-70-80-114-112-51-20-27-56-119(112)139(123(114)83-100,104-46-17-6-18-47-104)118-55-26-19-48-109(118)99-45-33-44-98(82-99)95-68-78-108(79-69-95)148(107-76-66-94(67-77-107)91-38-11-3-12-39-91)126-86-103(88-130-132(126)117-54-25-32-61-128(117)150-130)138-144-134(97-42-15-5-16-43-97)142-136(146-138)101-71-81-115-113-52-23-30-59-122(113)140(124(115)84-101)120-57-28-21-49-110(120)111-50-22-29-58-121(111)140/h1-88,137H,(H,141,143,145). The van der Waals surface area contributed by atoms with Crippen molar-refractivity contribution in [2.24, 2.45) is 9.98 Å². The zero-order chi connectivity index (χ0) is 98.9. The molecule has 4 heterocycles. The number of nitrogens with one attached hydrogen (secondary N) is 1. The number of anilines is 6. The van der Waals surface area contributed by atoms with E-state index in [1.807, 2.05) is 36.4 Å². The summed E-state index contributed by atoms with van der Waals surface area (Å²) in [5, 5.41) is 7.95. The first-order chi connectivity index (χ1) is 74.3. The molecule has 2 atom stereocenters. The van der Waals surface area contributed by atoms with Crippen LogP contribution >= 0.6 is 0 Å². The monoisotopic (exact) mass is 1910 g/mol. The van der Waals surface area contributed by atoms with Crippen LogP contribution in [0.15, 0.2) is 553 Å². The van der Waals surface area contributed by atoms with Gasteiger partial charge in [-0.15, -0.1) is 0 Å². The lowest BCUT2D eigenvalue weighted by molar-refractivity contribution is 0.655. The number of amidine groups is 2. The first-order valence-electron chi connectivity index (χ1n) is 51.2. The molecule has 0 amide bonds. The van der Waals surface area contributed by atoms with Gasteiger partial charge < -0.3 is 24.0 Å². The summed E-state index contributed by atoms with van der Waals surface area (Å²) in [6.45, 7) is 0. The Bertz CT molecular complexity index is 9570. The molecule has 0 bridgehead atoms. The number of hydrogen-bond donors (Lipinski definition) is 1. The molecule has 10 nitrogen and oxygen atoms in total. The van der Waals surface area contributed by atoms with Gasteiger partial charge in [0, 0.05) is 66.9 Å². The molecule has 22 aromatic carbocycles. The average Bonchev–Trinajstić information content (AvgIpc) is 1.50. The second-order valence-electron chi connectivity index (χ2n) is 39.1. The summed E-state index contributed by atoms with van der Waals surface area (Å²) >= 11 is 0. The second kappa shape index (κ2) is 35.6. The van der Waals surface area contributed by atoms with Gasteiger partial charge in [-0.3, -0.25) is 0 Å². The van der Waals surface area contributed by atoms with E-state index in [0.29, 0.717) is 34.7 Å². The van der Waals surface area contributed by atoms with Crippen molar-refractivity contribution in [2.45, 2.75) is 17.0 Å². The normalized spacial score (nSPS) is 14.3. The smallest absolute Gasteiger partial charge is 0.164 e. The molecule has 150 heavy (non-hydrogen) atoms. The maximum Gasteiger partial charge on any atom is 0.164 e. The molecule has 0 fully saturated rings. The lowest BCUT2D eigenvalue weighted by Crippen LogP contribution is -2.34. The minimum atomic E-state index is -0.871. The first-order valence-corrected chi connectivity index (χ1v) is 51.2. The Balaban J connectivity index is 0.551. The first kappa shape index (κ1) is 86.8. The minimum absolute atomic E-state index is 0.500. The maximum atomic E-state index is 7.13. The lowest BCUT2D eigenvalue weighted by atomic mass is 9.65. The number of rotatable bonds is 19. The van der Waals surface area contributed by atoms with Gasteiger partial charge in [-0.1, -0.05) is 431 Å². The Kier molecular flexibility index (Phi) is 20.6. The molecule has 4 aliphatic rings. The van der Waals surface area contributed by atoms with Gasteiger partial charge >= 0.3 is 0 Å². The Hall–Kier alpha value is -19.8. The molecule has 0 saturated carbocycles. The van der Waals surface area contributed by atoms with Crippen LogP contribution < -0.4 is 15.1 Å². The third kappa shape index (κ3) is 14.3. The SMILES string of the molecule is c1ccc(C2=NC(c3cc(N(c4ccc(-c5ccccc5)cc4)c4ccc(-c5ccccc5)cc4)c4c(c3)oc3ccccc34)NC(c3ccc4c(c3)C(c3ccccc3)(c3ccccc3-c3cccc(-c5ccc(N(c6ccc(-c7ccccc7)cc6)c6cc(-c7nc(-c8ccccc8)nc(-c8ccc9c(c8)C8(c%10ccccc%10-c%10ccccc%108)c8ccccc8-9)n7)cc7oc8ccccc8c67)cc5)c3)c3ccccc3-4)=N2)cc1. The van der Waals surface area contributed by atoms with Crippen LogP contribution in [0.25, 0.3) is 167 Å². The van der Waals surface area contributed by atoms with E-state index in [9.17, 15) is 0 Å². The van der Waals surface area contributed by atoms with Gasteiger partial charge in [-0.2, -0.15) is 0 Å². The molecule has 0 radical (unpaired) electrons. The van der Waals surface area contributed by atoms with E-state index >= 15 is 0 Å². The Morgan fingerprint density at radius 3 is 1.03 bits per heavy atom. The predicted molar refractivity (Wildman–Crippen MR) is 613 cm³/mol. The minimum Gasteiger partial charge on any atom is -0.456 e. The highest BCUT2D eigenvalue weighted by molar-refractivity contribution is 6.18. The van der Waals surface area contributed by atoms with E-state index in [1.54, 1.807) is 0 Å². The topological polar surface area (TPSA) is 108 Å². The summed E-state index contributed by atoms with van der Waals surface area (Å²) in [6, 6.07) is 193. The number of benzene rings is 22. The van der Waals surface area contributed by atoms with Crippen molar-refractivity contribution in [1.82, 2.24) is 20.3 Å². The zero-order valence-corrected chi connectivity index (χ0v) is 81.3. The Morgan fingerprint density at radius 2 is 0.547 bits per heavy atom. The molecule has 2 unspecified atom stereocenters. The maximum absolute atomic E-state index is 7.13. The van der Waals surface area contributed by atoms with Crippen LogP contribution in [0.3, 0.4) is 0 Å². The summed E-state index contributed by atoms with van der Waals surface area (Å²) in [6.07, 6.45) is -0.658. The quantitative estimate of drug-likeness (QED) is 0.0853. The van der Waals surface area contributed by atoms with Crippen molar-refractivity contribution >= 4 is 89.7 Å². The highest BCUT2D eigenvalue weighted by atomic mass is 16.3. The molecular weight excluding hydrogens is 1830 g/mol. The van der Waals surface area contributed by atoms with Crippen molar-refractivity contribution in [3.63, 3.8) is 0 Å². The van der Waals surface area contributed by atoms with Crippen molar-refractivity contribution < 1.29 is 8.83 Å². The average molecular weight is 1920 g/mol. The van der Waals surface area contributed by atoms with Gasteiger partial charge in [0.25, 0.3) is 0 Å². The van der Waals surface area contributed by atoms with Crippen molar-refractivity contribution in [1.29, 1.82) is 0 Å². The van der Waals surface area contributed by atoms with E-state index in [-0.39, 0.29) is 0 Å². The fourth-order valence-corrected chi connectivity index (χ4v) is 24.2. The van der Waals surface area contributed by atoms with Gasteiger partial charge in [0.05, 0.1) is 33.0 Å². The molecule has 25 aromatic rings. The Labute approximate surface area is 867 Å². The second-order valence-corrected chi connectivity index (χ2v) is 39.1. The number of aromatic nitrogens is 3. The van der Waals surface area contributed by atoms with Gasteiger partial charge in [0.1, 0.15) is 34.3 Å². The van der Waals surface area contributed by atoms with E-state index in [2.05, 4.69) is 513 Å². The van der Waals surface area contributed by atoms with Crippen LogP contribution in [0.4, 0.5) is 34.1 Å². The number of aliphatic imine (C=N–C) groups is 2. The molecule has 0 saturated heterocycles. The third-order valence-electron chi connectivity index (χ3n) is 30.9. The van der Waals surface area contributed by atoms with Crippen LogP contribution in [0.5, 0.6) is 0 Å². The van der Waals surface area contributed by atoms with Gasteiger partial charge in [-0.05, 0) is 237 Å². The molecule has 1 spiro atoms. The Morgan fingerprint density at radius 1 is 0.213 bits per heavy atom. The third-order valence-corrected chi connectivity index (χ3v) is 30.9. The van der Waals surface area contributed by atoms with Crippen LogP contribution in [0, 0.1) is 0 Å². The molecule has 3 aliphatic carbocycles. The molecular formula is C140H90N8O2. The fraction of sp³-hybridized carbons (Fsp3) is 0.0214. The van der Waals surface area contributed by atoms with E-state index in [1.165, 1.54) is 50.1 Å². The number of fused-ring (bicyclic) bond motifs is 19. The molecule has 3 aromatic heterocycles. The molecule has 702 valence electrons. The van der Waals surface area contributed by atoms with Crippen molar-refractivity contribution in [3.8, 4) is 123 Å². The van der Waals surface area contributed by atoms with E-state index in [0.717, 1.165) is 189 Å². The molecule has 1 aliphatic heterocycles. The number of furan rings is 2. The van der Waals surface area contributed by atoms with Gasteiger partial charge in [-0.25, -0.2) is 24.9 Å². The van der Waals surface area contributed by atoms with Crippen LogP contribution in [-0.4, -0.2) is 26.6 Å². The summed E-state index contributed by atoms with van der Waals surface area (Å²) in [5.74, 6) is 2.89. The van der Waals surface area contributed by atoms with Crippen molar-refractivity contribution in [3.05, 3.63) is 595 Å². The summed E-state index contributed by atoms with van der Waals surface area (Å²) < 4.78 is 14.2. The van der Waals surface area contributed by atoms with Gasteiger partial charge in [0.2, 0.25) is 0 Å². The fourth-order valence-electron chi connectivity index (χ4n) is 24.2. The van der Waals surface area contributed by atoms with E-state index < -0.39 is 17.0 Å². The lowest BCUT2D eigenvalue weighted by Gasteiger charge is -2.36. The van der Waals surface area contributed by atoms with E-state index in [4.69, 9.17) is 33.8 Å². The van der Waals surface area contributed by atoms with Crippen LogP contribution in [0.1, 0.15) is 67.4 Å². The summed E-state index contributed by atoms with van der Waals surface area (Å²) in [4.78, 5) is 32.7. The number of para-hydroxylation sites is 2. The highest BCUT2D eigenvalue weighted by Gasteiger charge is 2.53. The number of nitrogens with zero attached hydrogens (tertiary/aromatic N) is 7. The largest absolute Gasteiger partial charge is 0.456 e. The summed E-state index contributed by atoms with van der Waals surface area (Å²) in [7, 11) is 0. The molecule has 29 rings (SSSR count). The van der Waals surface area contributed by atoms with Crippen molar-refractivity contribution in [2.75, 3.05) is 9.80 Å². The van der Waals surface area contributed by atoms with Crippen LogP contribution in [-0.2, 0) is 10.8 Å². The summed E-state index contributed by atoms with van der Waals surface area (Å²) in [5.41, 5.74) is 40.2.